The zero-order valence-corrected chi connectivity index (χ0v) is 17.3. The fourth-order valence-electron chi connectivity index (χ4n) is 2.67. The Morgan fingerprint density at radius 1 is 0.871 bits per heavy atom. The van der Waals surface area contributed by atoms with Crippen molar-refractivity contribution in [2.75, 3.05) is 14.2 Å². The van der Waals surface area contributed by atoms with Crippen LogP contribution in [0.2, 0.25) is 0 Å². The first-order chi connectivity index (χ1) is 15.1. The van der Waals surface area contributed by atoms with Crippen molar-refractivity contribution in [3.63, 3.8) is 0 Å². The predicted octanol–water partition coefficient (Wildman–Crippen LogP) is 4.35. The third-order valence-electron chi connectivity index (χ3n) is 4.36. The van der Waals surface area contributed by atoms with Gasteiger partial charge in [-0.25, -0.2) is 4.79 Å². The molecule has 0 radical (unpaired) electrons. The molecule has 3 aromatic rings. The van der Waals surface area contributed by atoms with E-state index in [9.17, 15) is 4.79 Å². The number of pyridine rings is 1. The maximum absolute atomic E-state index is 10.8. The molecule has 7 heteroatoms. The van der Waals surface area contributed by atoms with Gasteiger partial charge in [0, 0.05) is 12.1 Å². The number of ether oxygens (including phenoxy) is 4. The van der Waals surface area contributed by atoms with E-state index in [1.165, 1.54) is 12.3 Å². The Morgan fingerprint density at radius 3 is 1.87 bits per heavy atom. The van der Waals surface area contributed by atoms with Crippen molar-refractivity contribution < 1.29 is 28.8 Å². The summed E-state index contributed by atoms with van der Waals surface area (Å²) in [6.07, 6.45) is 3.94. The minimum Gasteiger partial charge on any atom is -0.497 e. The number of carbonyl (C=O) groups is 1. The summed E-state index contributed by atoms with van der Waals surface area (Å²) in [6.45, 7) is 0.615. The van der Waals surface area contributed by atoms with Crippen LogP contribution >= 0.6 is 0 Å². The molecular formula is C24H23NO6. The molecule has 0 saturated carbocycles. The van der Waals surface area contributed by atoms with Crippen molar-refractivity contribution in [2.24, 2.45) is 0 Å². The number of aromatic nitrogens is 1. The smallest absolute Gasteiger partial charge is 0.328 e. The molecule has 7 nitrogen and oxygen atoms in total. The molecule has 0 atom stereocenters. The Morgan fingerprint density at radius 2 is 1.39 bits per heavy atom. The van der Waals surface area contributed by atoms with Crippen LogP contribution < -0.4 is 18.9 Å². The average Bonchev–Trinajstić information content (AvgIpc) is 2.81. The van der Waals surface area contributed by atoms with E-state index in [1.807, 2.05) is 48.5 Å². The SMILES string of the molecule is COc1ccc(COc2cnc(/C=C/C(=O)O)cc2OCc2ccc(OC)cc2)cc1. The van der Waals surface area contributed by atoms with Gasteiger partial charge < -0.3 is 24.1 Å². The van der Waals surface area contributed by atoms with Crippen LogP contribution in [0.3, 0.4) is 0 Å². The fraction of sp³-hybridized carbons (Fsp3) is 0.167. The molecule has 0 unspecified atom stereocenters. The Balaban J connectivity index is 1.76. The molecule has 0 saturated heterocycles. The second kappa shape index (κ2) is 10.7. The minimum atomic E-state index is -1.05. The van der Waals surface area contributed by atoms with Crippen molar-refractivity contribution in [3.8, 4) is 23.0 Å². The lowest BCUT2D eigenvalue weighted by atomic mass is 10.2. The van der Waals surface area contributed by atoms with Crippen LogP contribution in [-0.2, 0) is 18.0 Å². The molecule has 0 bridgehead atoms. The zero-order valence-electron chi connectivity index (χ0n) is 17.3. The molecule has 0 aliphatic carbocycles. The molecule has 0 amide bonds. The summed E-state index contributed by atoms with van der Waals surface area (Å²) in [5, 5.41) is 8.85. The van der Waals surface area contributed by atoms with Crippen LogP contribution in [0.15, 0.2) is 66.9 Å². The van der Waals surface area contributed by atoms with Gasteiger partial charge in [-0.1, -0.05) is 24.3 Å². The molecule has 0 fully saturated rings. The lowest BCUT2D eigenvalue weighted by Gasteiger charge is -2.14. The van der Waals surface area contributed by atoms with E-state index in [2.05, 4.69) is 4.98 Å². The van der Waals surface area contributed by atoms with E-state index < -0.39 is 5.97 Å². The highest BCUT2D eigenvalue weighted by Crippen LogP contribution is 2.29. The second-order valence-electron chi connectivity index (χ2n) is 6.50. The Bertz CT molecular complexity index is 1030. The minimum absolute atomic E-state index is 0.301. The van der Waals surface area contributed by atoms with E-state index in [-0.39, 0.29) is 0 Å². The van der Waals surface area contributed by atoms with Gasteiger partial charge in [-0.05, 0) is 41.5 Å². The topological polar surface area (TPSA) is 87.1 Å². The molecule has 0 aliphatic heterocycles. The number of hydrogen-bond acceptors (Lipinski definition) is 6. The summed E-state index contributed by atoms with van der Waals surface area (Å²) in [4.78, 5) is 15.0. The van der Waals surface area contributed by atoms with Crippen LogP contribution in [0.25, 0.3) is 6.08 Å². The molecule has 1 heterocycles. The molecule has 0 spiro atoms. The Labute approximate surface area is 180 Å². The predicted molar refractivity (Wildman–Crippen MR) is 116 cm³/mol. The molecule has 3 rings (SSSR count). The van der Waals surface area contributed by atoms with Gasteiger partial charge in [0.15, 0.2) is 11.5 Å². The summed E-state index contributed by atoms with van der Waals surface area (Å²) in [7, 11) is 3.23. The lowest BCUT2D eigenvalue weighted by molar-refractivity contribution is -0.131. The highest BCUT2D eigenvalue weighted by Gasteiger charge is 2.09. The number of aliphatic carboxylic acids is 1. The van der Waals surface area contributed by atoms with Crippen LogP contribution in [0.1, 0.15) is 16.8 Å². The first kappa shape index (κ1) is 21.7. The average molecular weight is 421 g/mol. The van der Waals surface area contributed by atoms with Gasteiger partial charge in [0.25, 0.3) is 0 Å². The van der Waals surface area contributed by atoms with Crippen LogP contribution in [-0.4, -0.2) is 30.3 Å². The van der Waals surface area contributed by atoms with Crippen molar-refractivity contribution in [1.29, 1.82) is 0 Å². The Kier molecular flexibility index (Phi) is 7.48. The van der Waals surface area contributed by atoms with Crippen molar-refractivity contribution in [3.05, 3.63) is 83.7 Å². The first-order valence-corrected chi connectivity index (χ1v) is 9.50. The summed E-state index contributed by atoms with van der Waals surface area (Å²) in [6, 6.07) is 16.7. The summed E-state index contributed by atoms with van der Waals surface area (Å²) < 4.78 is 22.2. The maximum Gasteiger partial charge on any atom is 0.328 e. The van der Waals surface area contributed by atoms with E-state index >= 15 is 0 Å². The van der Waals surface area contributed by atoms with Gasteiger partial charge in [-0.15, -0.1) is 0 Å². The molecule has 1 N–H and O–H groups in total. The summed E-state index contributed by atoms with van der Waals surface area (Å²) >= 11 is 0. The molecular weight excluding hydrogens is 398 g/mol. The third kappa shape index (κ3) is 6.50. The monoisotopic (exact) mass is 421 g/mol. The van der Waals surface area contributed by atoms with E-state index in [0.29, 0.717) is 30.4 Å². The molecule has 31 heavy (non-hydrogen) atoms. The fourth-order valence-corrected chi connectivity index (χ4v) is 2.67. The van der Waals surface area contributed by atoms with Gasteiger partial charge in [-0.3, -0.25) is 4.98 Å². The quantitative estimate of drug-likeness (QED) is 0.487. The standard InChI is InChI=1S/C24H23NO6/c1-28-20-8-3-17(4-9-20)15-30-22-13-19(7-12-24(26)27)25-14-23(22)31-16-18-5-10-21(29-2)11-6-18/h3-14H,15-16H2,1-2H3,(H,26,27)/b12-7+. The van der Waals surface area contributed by atoms with Crippen molar-refractivity contribution in [1.82, 2.24) is 4.98 Å². The number of rotatable bonds is 10. The first-order valence-electron chi connectivity index (χ1n) is 9.50. The molecule has 160 valence electrons. The second-order valence-corrected chi connectivity index (χ2v) is 6.50. The molecule has 1 aromatic heterocycles. The van der Waals surface area contributed by atoms with Gasteiger partial charge in [0.1, 0.15) is 24.7 Å². The normalized spacial score (nSPS) is 10.6. The van der Waals surface area contributed by atoms with E-state index in [4.69, 9.17) is 24.1 Å². The number of carboxylic acid groups (broad SMARTS) is 1. The summed E-state index contributed by atoms with van der Waals surface area (Å²) in [5.74, 6) is 1.39. The van der Waals surface area contributed by atoms with Crippen LogP contribution in [0.4, 0.5) is 0 Å². The van der Waals surface area contributed by atoms with Crippen molar-refractivity contribution in [2.45, 2.75) is 13.2 Å². The highest BCUT2D eigenvalue weighted by molar-refractivity contribution is 5.85. The van der Waals surface area contributed by atoms with E-state index in [1.54, 1.807) is 20.3 Å². The van der Waals surface area contributed by atoms with Gasteiger partial charge in [0.05, 0.1) is 26.1 Å². The van der Waals surface area contributed by atoms with Crippen LogP contribution in [0.5, 0.6) is 23.0 Å². The third-order valence-corrected chi connectivity index (χ3v) is 4.36. The van der Waals surface area contributed by atoms with Gasteiger partial charge in [-0.2, -0.15) is 0 Å². The van der Waals surface area contributed by atoms with E-state index in [0.717, 1.165) is 28.7 Å². The highest BCUT2D eigenvalue weighted by atomic mass is 16.5. The Hall–Kier alpha value is -4.00. The van der Waals surface area contributed by atoms with Crippen molar-refractivity contribution >= 4 is 12.0 Å². The summed E-state index contributed by atoms with van der Waals surface area (Å²) in [5.41, 5.74) is 2.35. The zero-order chi connectivity index (χ0) is 22.1. The maximum atomic E-state index is 10.8. The molecule has 2 aromatic carbocycles. The lowest BCUT2D eigenvalue weighted by Crippen LogP contribution is -2.02. The van der Waals surface area contributed by atoms with Crippen LogP contribution in [0, 0.1) is 0 Å². The number of benzene rings is 2. The number of hydrogen-bond donors (Lipinski definition) is 1. The largest absolute Gasteiger partial charge is 0.497 e. The number of carboxylic acids is 1. The van der Waals surface area contributed by atoms with Gasteiger partial charge in [0.2, 0.25) is 0 Å². The van der Waals surface area contributed by atoms with Gasteiger partial charge >= 0.3 is 5.97 Å². The number of methoxy groups -OCH3 is 2. The molecule has 0 aliphatic rings. The number of nitrogens with zero attached hydrogens (tertiary/aromatic N) is 1.